The first kappa shape index (κ1) is 15.3. The molecule has 21 heavy (non-hydrogen) atoms. The number of ketones is 1. The number of thiophene rings is 1. The number of hydrogen-bond donors (Lipinski definition) is 1. The number of esters is 1. The summed E-state index contributed by atoms with van der Waals surface area (Å²) in [6.45, 7) is 1.68. The first-order chi connectivity index (χ1) is 9.96. The highest BCUT2D eigenvalue weighted by molar-refractivity contribution is 7.20. The third-order valence-corrected chi connectivity index (χ3v) is 4.38. The molecule has 1 heterocycles. The molecule has 0 saturated heterocycles. The van der Waals surface area contributed by atoms with Crippen molar-refractivity contribution in [1.29, 1.82) is 0 Å². The smallest absolute Gasteiger partial charge is 0.308 e. The van der Waals surface area contributed by atoms with Gasteiger partial charge in [0.15, 0.2) is 5.78 Å². The van der Waals surface area contributed by atoms with E-state index in [0.717, 1.165) is 10.1 Å². The summed E-state index contributed by atoms with van der Waals surface area (Å²) in [5.41, 5.74) is 6.39. The van der Waals surface area contributed by atoms with Crippen molar-refractivity contribution in [3.63, 3.8) is 0 Å². The monoisotopic (exact) mass is 307 g/mol. The van der Waals surface area contributed by atoms with Gasteiger partial charge in [-0.3, -0.25) is 9.59 Å². The van der Waals surface area contributed by atoms with Crippen molar-refractivity contribution >= 4 is 38.9 Å². The van der Waals surface area contributed by atoms with Gasteiger partial charge in [0.2, 0.25) is 0 Å². The Morgan fingerprint density at radius 3 is 2.62 bits per heavy atom. The van der Waals surface area contributed by atoms with Crippen LogP contribution in [-0.2, 0) is 9.53 Å². The second kappa shape index (κ2) is 6.13. The van der Waals surface area contributed by atoms with Gasteiger partial charge in [0.1, 0.15) is 5.75 Å². The van der Waals surface area contributed by atoms with E-state index in [4.69, 9.17) is 10.5 Å². The molecule has 6 heteroatoms. The first-order valence-electron chi connectivity index (χ1n) is 6.44. The maximum absolute atomic E-state index is 12.2. The van der Waals surface area contributed by atoms with E-state index in [0.29, 0.717) is 16.3 Å². The van der Waals surface area contributed by atoms with Crippen LogP contribution in [0, 0.1) is 5.92 Å². The van der Waals surface area contributed by atoms with Crippen molar-refractivity contribution in [1.82, 2.24) is 0 Å². The van der Waals surface area contributed by atoms with Crippen molar-refractivity contribution in [2.75, 3.05) is 20.0 Å². The lowest BCUT2D eigenvalue weighted by Gasteiger charge is -2.06. The molecule has 0 spiro atoms. The van der Waals surface area contributed by atoms with E-state index in [-0.39, 0.29) is 18.2 Å². The maximum Gasteiger partial charge on any atom is 0.308 e. The SMILES string of the molecule is COC(=O)[C@@H](C)CC(=O)c1cc2cc(N)c(OC)cc2s1. The van der Waals surface area contributed by atoms with Gasteiger partial charge < -0.3 is 15.2 Å². The molecule has 0 aliphatic heterocycles. The highest BCUT2D eigenvalue weighted by atomic mass is 32.1. The van der Waals surface area contributed by atoms with Gasteiger partial charge in [0.05, 0.1) is 30.7 Å². The van der Waals surface area contributed by atoms with Crippen LogP contribution in [0.3, 0.4) is 0 Å². The molecule has 1 aromatic heterocycles. The summed E-state index contributed by atoms with van der Waals surface area (Å²) in [5.74, 6) is -0.319. The van der Waals surface area contributed by atoms with Gasteiger partial charge in [0, 0.05) is 17.2 Å². The van der Waals surface area contributed by atoms with Crippen LogP contribution in [0.5, 0.6) is 5.75 Å². The predicted molar refractivity (Wildman–Crippen MR) is 82.9 cm³/mol. The third-order valence-electron chi connectivity index (χ3n) is 3.24. The maximum atomic E-state index is 12.2. The average Bonchev–Trinajstić information content (AvgIpc) is 2.87. The summed E-state index contributed by atoms with van der Waals surface area (Å²) in [5, 5.41) is 0.896. The molecule has 1 atom stereocenters. The molecule has 0 amide bonds. The summed E-state index contributed by atoms with van der Waals surface area (Å²) >= 11 is 1.37. The molecule has 2 N–H and O–H groups in total. The molecule has 0 saturated carbocycles. The number of nitrogen functional groups attached to an aromatic ring is 1. The van der Waals surface area contributed by atoms with Crippen molar-refractivity contribution in [3.05, 3.63) is 23.1 Å². The number of rotatable bonds is 5. The number of ether oxygens (including phenoxy) is 2. The average molecular weight is 307 g/mol. The van der Waals surface area contributed by atoms with Crippen LogP contribution in [-0.4, -0.2) is 26.0 Å². The van der Waals surface area contributed by atoms with E-state index in [1.54, 1.807) is 26.2 Å². The summed E-state index contributed by atoms with van der Waals surface area (Å²) in [6, 6.07) is 5.39. The Morgan fingerprint density at radius 2 is 2.00 bits per heavy atom. The quantitative estimate of drug-likeness (QED) is 0.522. The fourth-order valence-corrected chi connectivity index (χ4v) is 3.08. The number of benzene rings is 1. The fourth-order valence-electron chi connectivity index (χ4n) is 2.06. The first-order valence-corrected chi connectivity index (χ1v) is 7.26. The third kappa shape index (κ3) is 3.16. The Labute approximate surface area is 126 Å². The molecule has 0 aliphatic rings. The highest BCUT2D eigenvalue weighted by Gasteiger charge is 2.20. The van der Waals surface area contributed by atoms with Crippen molar-refractivity contribution < 1.29 is 19.1 Å². The van der Waals surface area contributed by atoms with Crippen LogP contribution in [0.2, 0.25) is 0 Å². The van der Waals surface area contributed by atoms with E-state index >= 15 is 0 Å². The molecular formula is C15H17NO4S. The zero-order valence-corrected chi connectivity index (χ0v) is 13.0. The lowest BCUT2D eigenvalue weighted by atomic mass is 10.0. The Bertz CT molecular complexity index is 692. The van der Waals surface area contributed by atoms with Crippen LogP contribution in [0.4, 0.5) is 5.69 Å². The van der Waals surface area contributed by atoms with Gasteiger partial charge in [0.25, 0.3) is 0 Å². The van der Waals surface area contributed by atoms with E-state index in [2.05, 4.69) is 4.74 Å². The second-order valence-corrected chi connectivity index (χ2v) is 5.88. The van der Waals surface area contributed by atoms with Crippen molar-refractivity contribution in [3.8, 4) is 5.75 Å². The van der Waals surface area contributed by atoms with E-state index in [1.165, 1.54) is 18.4 Å². The van der Waals surface area contributed by atoms with Crippen LogP contribution in [0.1, 0.15) is 23.0 Å². The molecule has 0 radical (unpaired) electrons. The van der Waals surface area contributed by atoms with Crippen LogP contribution in [0.25, 0.3) is 10.1 Å². The minimum Gasteiger partial charge on any atom is -0.495 e. The number of anilines is 1. The molecular weight excluding hydrogens is 290 g/mol. The number of methoxy groups -OCH3 is 2. The largest absolute Gasteiger partial charge is 0.495 e. The van der Waals surface area contributed by atoms with Crippen LogP contribution in [0.15, 0.2) is 18.2 Å². The highest BCUT2D eigenvalue weighted by Crippen LogP contribution is 2.34. The van der Waals surface area contributed by atoms with Gasteiger partial charge in [-0.1, -0.05) is 6.92 Å². The second-order valence-electron chi connectivity index (χ2n) is 4.79. The molecule has 0 unspecified atom stereocenters. The molecule has 2 rings (SSSR count). The van der Waals surface area contributed by atoms with Crippen LogP contribution < -0.4 is 10.5 Å². The predicted octanol–water partition coefficient (Wildman–Crippen LogP) is 2.87. The van der Waals surface area contributed by atoms with Gasteiger partial charge in [-0.2, -0.15) is 0 Å². The molecule has 5 nitrogen and oxygen atoms in total. The van der Waals surface area contributed by atoms with E-state index in [1.807, 2.05) is 6.07 Å². The van der Waals surface area contributed by atoms with Gasteiger partial charge >= 0.3 is 5.97 Å². The van der Waals surface area contributed by atoms with Gasteiger partial charge in [-0.25, -0.2) is 0 Å². The normalized spacial score (nSPS) is 12.1. The molecule has 0 fully saturated rings. The molecule has 0 bridgehead atoms. The standard InChI is InChI=1S/C15H17NO4S/c1-8(15(18)20-3)4-11(17)14-6-9-5-10(16)12(19-2)7-13(9)21-14/h5-8H,4,16H2,1-3H3/t8-/m0/s1. The summed E-state index contributed by atoms with van der Waals surface area (Å²) in [7, 11) is 2.87. The Hall–Kier alpha value is -2.08. The number of fused-ring (bicyclic) bond motifs is 1. The van der Waals surface area contributed by atoms with Gasteiger partial charge in [-0.15, -0.1) is 11.3 Å². The number of carbonyl (C=O) groups excluding carboxylic acids is 2. The minimum atomic E-state index is -0.452. The molecule has 1 aromatic carbocycles. The number of carbonyl (C=O) groups is 2. The van der Waals surface area contributed by atoms with Gasteiger partial charge in [-0.05, 0) is 17.5 Å². The molecule has 2 aromatic rings. The van der Waals surface area contributed by atoms with Crippen molar-refractivity contribution in [2.45, 2.75) is 13.3 Å². The Morgan fingerprint density at radius 1 is 1.29 bits per heavy atom. The van der Waals surface area contributed by atoms with E-state index < -0.39 is 5.92 Å². The lowest BCUT2D eigenvalue weighted by molar-refractivity contribution is -0.144. The minimum absolute atomic E-state index is 0.0772. The summed E-state index contributed by atoms with van der Waals surface area (Å²) in [6.07, 6.45) is 0.131. The van der Waals surface area contributed by atoms with Crippen molar-refractivity contribution in [2.24, 2.45) is 5.92 Å². The van der Waals surface area contributed by atoms with Crippen LogP contribution >= 0.6 is 11.3 Å². The van der Waals surface area contributed by atoms with E-state index in [9.17, 15) is 9.59 Å². The molecule has 112 valence electrons. The number of Topliss-reactive ketones (excluding diaryl/α,β-unsaturated/α-hetero) is 1. The topological polar surface area (TPSA) is 78.6 Å². The summed E-state index contributed by atoms with van der Waals surface area (Å²) < 4.78 is 10.7. The lowest BCUT2D eigenvalue weighted by Crippen LogP contribution is -2.16. The Kier molecular flexibility index (Phi) is 4.47. The summed E-state index contributed by atoms with van der Waals surface area (Å²) in [4.78, 5) is 24.2. The fraction of sp³-hybridized carbons (Fsp3) is 0.333. The zero-order valence-electron chi connectivity index (χ0n) is 12.1. The Balaban J connectivity index is 2.26. The number of hydrogen-bond acceptors (Lipinski definition) is 6. The number of nitrogens with two attached hydrogens (primary N) is 1. The zero-order chi connectivity index (χ0) is 15.6. The molecule has 0 aliphatic carbocycles.